The number of rotatable bonds is 7. The van der Waals surface area contributed by atoms with Gasteiger partial charge in [0.1, 0.15) is 5.75 Å². The molecular formula is C15H15N3O7S. The first kappa shape index (κ1) is 19.0. The summed E-state index contributed by atoms with van der Waals surface area (Å²) in [5.74, 6) is 0.289. The zero-order chi connectivity index (χ0) is 19.3. The van der Waals surface area contributed by atoms with E-state index in [1.165, 1.54) is 32.4 Å². The molecule has 0 atom stereocenters. The summed E-state index contributed by atoms with van der Waals surface area (Å²) < 4.78 is 34.6. The number of hydrogen-bond donors (Lipinski definition) is 2. The Hall–Kier alpha value is -3.34. The molecule has 0 saturated heterocycles. The fourth-order valence-corrected chi connectivity index (χ4v) is 2.77. The van der Waals surface area contributed by atoms with Gasteiger partial charge in [0, 0.05) is 23.8 Å². The van der Waals surface area contributed by atoms with Gasteiger partial charge >= 0.3 is 0 Å². The number of ether oxygens (including phenoxy) is 2. The van der Waals surface area contributed by atoms with Crippen molar-refractivity contribution in [2.24, 2.45) is 5.10 Å². The van der Waals surface area contributed by atoms with Crippen molar-refractivity contribution >= 4 is 21.9 Å². The fourth-order valence-electron chi connectivity index (χ4n) is 1.96. The lowest BCUT2D eigenvalue weighted by atomic mass is 10.2. The van der Waals surface area contributed by atoms with Crippen LogP contribution in [0.25, 0.3) is 0 Å². The Morgan fingerprint density at radius 2 is 1.85 bits per heavy atom. The van der Waals surface area contributed by atoms with E-state index in [-0.39, 0.29) is 27.6 Å². The van der Waals surface area contributed by atoms with Gasteiger partial charge in [-0.1, -0.05) is 0 Å². The predicted octanol–water partition coefficient (Wildman–Crippen LogP) is 1.63. The Kier molecular flexibility index (Phi) is 5.62. The van der Waals surface area contributed by atoms with Gasteiger partial charge in [0.25, 0.3) is 15.7 Å². The standard InChI is InChI=1S/C15H15N3O7S/c1-24-14-6-4-12(8-15(14)25-2)26(22,23)17-16-9-10-7-11(18(20)21)3-5-13(10)19/h3-9,17,19H,1-2H3. The number of hydrogen-bond acceptors (Lipinski definition) is 8. The lowest BCUT2D eigenvalue weighted by molar-refractivity contribution is -0.384. The minimum atomic E-state index is -4.03. The summed E-state index contributed by atoms with van der Waals surface area (Å²) in [4.78, 5) is 11.9. The quantitative estimate of drug-likeness (QED) is 0.422. The van der Waals surface area contributed by atoms with Gasteiger partial charge in [0.15, 0.2) is 11.5 Å². The van der Waals surface area contributed by atoms with Crippen molar-refractivity contribution in [3.05, 3.63) is 52.1 Å². The Bertz CT molecular complexity index is 958. The van der Waals surface area contributed by atoms with Crippen LogP contribution in [-0.4, -0.2) is 38.9 Å². The summed E-state index contributed by atoms with van der Waals surface area (Å²) in [6.45, 7) is 0. The summed E-state index contributed by atoms with van der Waals surface area (Å²) in [7, 11) is -1.24. The number of methoxy groups -OCH3 is 2. The Labute approximate surface area is 148 Å². The van der Waals surface area contributed by atoms with Gasteiger partial charge in [-0.15, -0.1) is 0 Å². The van der Waals surface area contributed by atoms with Gasteiger partial charge in [0.05, 0.1) is 30.3 Å². The lowest BCUT2D eigenvalue weighted by Crippen LogP contribution is -2.18. The second-order valence-corrected chi connectivity index (χ2v) is 6.53. The van der Waals surface area contributed by atoms with E-state index in [0.717, 1.165) is 24.4 Å². The second-order valence-electron chi connectivity index (χ2n) is 4.87. The molecule has 0 spiro atoms. The average Bonchev–Trinajstić information content (AvgIpc) is 2.62. The molecule has 0 fully saturated rings. The SMILES string of the molecule is COc1ccc(S(=O)(=O)NN=Cc2cc([N+](=O)[O-])ccc2O)cc1OC. The summed E-state index contributed by atoms with van der Waals surface area (Å²) in [6, 6.07) is 7.25. The van der Waals surface area contributed by atoms with Crippen LogP contribution in [0.4, 0.5) is 5.69 Å². The third-order valence-corrected chi connectivity index (χ3v) is 4.48. The highest BCUT2D eigenvalue weighted by atomic mass is 32.2. The molecule has 26 heavy (non-hydrogen) atoms. The van der Waals surface area contributed by atoms with Crippen LogP contribution in [0.1, 0.15) is 5.56 Å². The number of non-ortho nitro benzene ring substituents is 1. The summed E-state index contributed by atoms with van der Waals surface area (Å²) in [6.07, 6.45) is 0.959. The first-order valence-corrected chi connectivity index (χ1v) is 8.51. The Balaban J connectivity index is 2.24. The van der Waals surface area contributed by atoms with Crippen molar-refractivity contribution in [2.45, 2.75) is 4.90 Å². The molecule has 0 aromatic heterocycles. The molecule has 0 saturated carbocycles. The van der Waals surface area contributed by atoms with Crippen LogP contribution in [0, 0.1) is 10.1 Å². The zero-order valence-corrected chi connectivity index (χ0v) is 14.6. The summed E-state index contributed by atoms with van der Waals surface area (Å²) in [5.41, 5.74) is -0.291. The maximum absolute atomic E-state index is 12.3. The van der Waals surface area contributed by atoms with Crippen molar-refractivity contribution < 1.29 is 27.9 Å². The highest BCUT2D eigenvalue weighted by Gasteiger charge is 2.16. The number of benzene rings is 2. The number of nitro groups is 1. The number of aromatic hydroxyl groups is 1. The third kappa shape index (κ3) is 4.19. The molecule has 0 aliphatic heterocycles. The molecule has 0 amide bonds. The molecule has 0 radical (unpaired) electrons. The van der Waals surface area contributed by atoms with E-state index in [0.29, 0.717) is 5.75 Å². The van der Waals surface area contributed by atoms with Crippen LogP contribution in [-0.2, 0) is 10.0 Å². The number of nitrogens with zero attached hydrogens (tertiary/aromatic N) is 2. The molecule has 2 aromatic rings. The largest absolute Gasteiger partial charge is 0.507 e. The second kappa shape index (κ2) is 7.70. The molecule has 0 bridgehead atoms. The van der Waals surface area contributed by atoms with Crippen LogP contribution < -0.4 is 14.3 Å². The zero-order valence-electron chi connectivity index (χ0n) is 13.7. The van der Waals surface area contributed by atoms with Crippen LogP contribution in [0.3, 0.4) is 0 Å². The van der Waals surface area contributed by atoms with Crippen LogP contribution >= 0.6 is 0 Å². The topological polar surface area (TPSA) is 140 Å². The molecule has 138 valence electrons. The number of nitro benzene ring substituents is 1. The van der Waals surface area contributed by atoms with E-state index in [1.54, 1.807) is 0 Å². The maximum atomic E-state index is 12.3. The van der Waals surface area contributed by atoms with Crippen molar-refractivity contribution in [1.29, 1.82) is 0 Å². The first-order valence-electron chi connectivity index (χ1n) is 7.03. The van der Waals surface area contributed by atoms with Gasteiger partial charge in [-0.05, 0) is 18.2 Å². The number of hydrazone groups is 1. The minimum Gasteiger partial charge on any atom is -0.507 e. The van der Waals surface area contributed by atoms with Crippen LogP contribution in [0.5, 0.6) is 17.2 Å². The number of sulfonamides is 1. The average molecular weight is 381 g/mol. The van der Waals surface area contributed by atoms with Gasteiger partial charge < -0.3 is 14.6 Å². The highest BCUT2D eigenvalue weighted by Crippen LogP contribution is 2.29. The molecule has 2 aromatic carbocycles. The molecule has 0 aliphatic rings. The molecule has 0 unspecified atom stereocenters. The summed E-state index contributed by atoms with van der Waals surface area (Å²) in [5, 5.41) is 23.9. The lowest BCUT2D eigenvalue weighted by Gasteiger charge is -2.09. The number of nitrogens with one attached hydrogen (secondary N) is 1. The molecule has 2 N–H and O–H groups in total. The molecule has 0 heterocycles. The van der Waals surface area contributed by atoms with Gasteiger partial charge in [0.2, 0.25) is 0 Å². The van der Waals surface area contributed by atoms with Crippen LogP contribution in [0.15, 0.2) is 46.4 Å². The third-order valence-electron chi connectivity index (χ3n) is 3.26. The van der Waals surface area contributed by atoms with Crippen molar-refractivity contribution in [3.63, 3.8) is 0 Å². The van der Waals surface area contributed by atoms with Gasteiger partial charge in [-0.2, -0.15) is 13.5 Å². The monoisotopic (exact) mass is 381 g/mol. The smallest absolute Gasteiger partial charge is 0.276 e. The fraction of sp³-hybridized carbons (Fsp3) is 0.133. The van der Waals surface area contributed by atoms with E-state index in [9.17, 15) is 23.6 Å². The van der Waals surface area contributed by atoms with E-state index in [4.69, 9.17) is 9.47 Å². The van der Waals surface area contributed by atoms with Crippen molar-refractivity contribution in [3.8, 4) is 17.2 Å². The summed E-state index contributed by atoms with van der Waals surface area (Å²) >= 11 is 0. The molecule has 0 aliphatic carbocycles. The van der Waals surface area contributed by atoms with Gasteiger partial charge in [-0.25, -0.2) is 4.83 Å². The highest BCUT2D eigenvalue weighted by molar-refractivity contribution is 7.89. The van der Waals surface area contributed by atoms with E-state index >= 15 is 0 Å². The predicted molar refractivity (Wildman–Crippen MR) is 92.2 cm³/mol. The molecule has 11 heteroatoms. The molecular weight excluding hydrogens is 366 g/mol. The Morgan fingerprint density at radius 3 is 2.46 bits per heavy atom. The maximum Gasteiger partial charge on any atom is 0.276 e. The first-order chi connectivity index (χ1) is 12.3. The van der Waals surface area contributed by atoms with E-state index in [1.807, 2.05) is 4.83 Å². The van der Waals surface area contributed by atoms with Gasteiger partial charge in [-0.3, -0.25) is 10.1 Å². The minimum absolute atomic E-state index is 0.0192. The van der Waals surface area contributed by atoms with E-state index in [2.05, 4.69) is 5.10 Å². The number of phenolic OH excluding ortho intramolecular Hbond substituents is 1. The molecule has 10 nitrogen and oxygen atoms in total. The van der Waals surface area contributed by atoms with Crippen LogP contribution in [0.2, 0.25) is 0 Å². The number of phenols is 1. The van der Waals surface area contributed by atoms with E-state index < -0.39 is 14.9 Å². The van der Waals surface area contributed by atoms with Crippen molar-refractivity contribution in [2.75, 3.05) is 14.2 Å². The Morgan fingerprint density at radius 1 is 1.15 bits per heavy atom. The van der Waals surface area contributed by atoms with Crippen molar-refractivity contribution in [1.82, 2.24) is 4.83 Å². The normalized spacial score (nSPS) is 11.3. The molecule has 2 rings (SSSR count).